The number of nitrogens with zero attached hydrogens (tertiary/aromatic N) is 2. The van der Waals surface area contributed by atoms with Gasteiger partial charge in [0.2, 0.25) is 0 Å². The molecule has 4 amide bonds. The lowest BCUT2D eigenvalue weighted by Crippen LogP contribution is -2.54. The molecule has 2 aromatic carbocycles. The summed E-state index contributed by atoms with van der Waals surface area (Å²) in [5, 5.41) is 2.28. The first-order chi connectivity index (χ1) is 16.7. The number of anilines is 1. The Kier molecular flexibility index (Phi) is 6.60. The second-order valence-corrected chi connectivity index (χ2v) is 8.77. The molecule has 1 N–H and O–H groups in total. The minimum Gasteiger partial charge on any atom is -0.492 e. The van der Waals surface area contributed by atoms with Crippen LogP contribution in [0.4, 0.5) is 10.5 Å². The smallest absolute Gasteiger partial charge is 0.336 e. The average Bonchev–Trinajstić information content (AvgIpc) is 3.10. The van der Waals surface area contributed by atoms with E-state index < -0.39 is 17.8 Å². The number of benzene rings is 2. The van der Waals surface area contributed by atoms with Crippen molar-refractivity contribution < 1.29 is 19.1 Å². The van der Waals surface area contributed by atoms with Gasteiger partial charge in [-0.3, -0.25) is 14.9 Å². The molecule has 35 heavy (non-hydrogen) atoms. The molecule has 7 heteroatoms. The van der Waals surface area contributed by atoms with E-state index in [9.17, 15) is 14.4 Å². The van der Waals surface area contributed by atoms with E-state index in [4.69, 9.17) is 4.74 Å². The summed E-state index contributed by atoms with van der Waals surface area (Å²) < 4.78 is 7.67. The molecule has 1 fully saturated rings. The van der Waals surface area contributed by atoms with Crippen LogP contribution in [0.15, 0.2) is 60.2 Å². The molecule has 1 aliphatic rings. The van der Waals surface area contributed by atoms with Gasteiger partial charge in [0.25, 0.3) is 11.8 Å². The fourth-order valence-corrected chi connectivity index (χ4v) is 4.29. The molecule has 0 aliphatic carbocycles. The number of carbonyl (C=O) groups is 3. The second kappa shape index (κ2) is 9.62. The number of nitrogens with one attached hydrogen (secondary N) is 1. The van der Waals surface area contributed by atoms with Gasteiger partial charge >= 0.3 is 6.03 Å². The number of rotatable bonds is 6. The molecule has 1 saturated heterocycles. The van der Waals surface area contributed by atoms with Crippen LogP contribution in [0, 0.1) is 13.8 Å². The molecular weight excluding hydrogens is 442 g/mol. The normalized spacial score (nSPS) is 15.2. The molecule has 1 aromatic heterocycles. The number of hydrogen-bond donors (Lipinski definition) is 1. The summed E-state index contributed by atoms with van der Waals surface area (Å²) in [6.07, 6.45) is 1.54. The number of para-hydroxylation sites is 2. The van der Waals surface area contributed by atoms with E-state index >= 15 is 0 Å². The Morgan fingerprint density at radius 3 is 2.34 bits per heavy atom. The Labute approximate surface area is 205 Å². The summed E-state index contributed by atoms with van der Waals surface area (Å²) in [4.78, 5) is 39.7. The number of aromatic nitrogens is 1. The van der Waals surface area contributed by atoms with Gasteiger partial charge < -0.3 is 9.30 Å². The Hall–Kier alpha value is -4.13. The van der Waals surface area contributed by atoms with Gasteiger partial charge in [-0.1, -0.05) is 38.1 Å². The number of urea groups is 1. The molecule has 0 atom stereocenters. The zero-order chi connectivity index (χ0) is 25.3. The minimum atomic E-state index is -0.806. The molecule has 180 valence electrons. The van der Waals surface area contributed by atoms with Crippen molar-refractivity contribution in [1.82, 2.24) is 9.88 Å². The van der Waals surface area contributed by atoms with Crippen LogP contribution in [0.2, 0.25) is 0 Å². The maximum absolute atomic E-state index is 13.4. The molecule has 0 bridgehead atoms. The van der Waals surface area contributed by atoms with Crippen molar-refractivity contribution in [3.05, 3.63) is 82.7 Å². The number of hydrogen-bond acceptors (Lipinski definition) is 4. The molecule has 0 unspecified atom stereocenters. The van der Waals surface area contributed by atoms with E-state index in [1.165, 1.54) is 5.56 Å². The predicted octanol–water partition coefficient (Wildman–Crippen LogP) is 5.28. The first-order valence-corrected chi connectivity index (χ1v) is 11.7. The molecule has 4 rings (SSSR count). The zero-order valence-corrected chi connectivity index (χ0v) is 20.6. The number of carbonyl (C=O) groups excluding carboxylic acids is 3. The van der Waals surface area contributed by atoms with Crippen LogP contribution in [0.3, 0.4) is 0 Å². The third-order valence-electron chi connectivity index (χ3n) is 6.10. The Morgan fingerprint density at radius 1 is 1.00 bits per heavy atom. The van der Waals surface area contributed by atoms with Gasteiger partial charge in [-0.05, 0) is 74.2 Å². The summed E-state index contributed by atoms with van der Waals surface area (Å²) >= 11 is 0. The molecule has 0 radical (unpaired) electrons. The lowest BCUT2D eigenvalue weighted by Gasteiger charge is -2.27. The van der Waals surface area contributed by atoms with Gasteiger partial charge in [-0.2, -0.15) is 0 Å². The second-order valence-electron chi connectivity index (χ2n) is 8.77. The number of aryl methyl sites for hydroxylation is 1. The first-order valence-electron chi connectivity index (χ1n) is 11.7. The molecule has 1 aliphatic heterocycles. The van der Waals surface area contributed by atoms with Crippen LogP contribution in [0.1, 0.15) is 49.2 Å². The van der Waals surface area contributed by atoms with Gasteiger partial charge in [0.15, 0.2) is 0 Å². The van der Waals surface area contributed by atoms with Crippen LogP contribution < -0.4 is 15.0 Å². The van der Waals surface area contributed by atoms with E-state index in [-0.39, 0.29) is 11.3 Å². The molecule has 0 spiro atoms. The third-order valence-corrected chi connectivity index (χ3v) is 6.10. The van der Waals surface area contributed by atoms with Crippen molar-refractivity contribution in [2.75, 3.05) is 11.5 Å². The SMILES string of the molecule is CCOc1ccccc1N1C(=O)NC(=O)/C(=C\c2cc(C)n(-c3ccc(C(C)C)cc3)c2C)C1=O. The predicted molar refractivity (Wildman–Crippen MR) is 136 cm³/mol. The standard InChI is InChI=1S/C28H29N3O4/c1-6-35-25-10-8-7-9-24(25)31-27(33)23(26(32)29-28(31)34)16-21-15-18(4)30(19(21)5)22-13-11-20(12-14-22)17(2)3/h7-17H,6H2,1-5H3,(H,29,32,34)/b23-16+. The summed E-state index contributed by atoms with van der Waals surface area (Å²) in [7, 11) is 0. The average molecular weight is 472 g/mol. The van der Waals surface area contributed by atoms with E-state index in [0.29, 0.717) is 18.3 Å². The number of amides is 4. The highest BCUT2D eigenvalue weighted by Crippen LogP contribution is 2.32. The molecule has 0 saturated carbocycles. The van der Waals surface area contributed by atoms with Crippen LogP contribution >= 0.6 is 0 Å². The molecule has 3 aromatic rings. The Morgan fingerprint density at radius 2 is 1.69 bits per heavy atom. The molecule has 2 heterocycles. The fraction of sp³-hybridized carbons (Fsp3) is 0.250. The van der Waals surface area contributed by atoms with Crippen molar-refractivity contribution in [2.45, 2.75) is 40.5 Å². The quantitative estimate of drug-likeness (QED) is 0.392. The Balaban J connectivity index is 1.74. The highest BCUT2D eigenvalue weighted by Gasteiger charge is 2.38. The maximum atomic E-state index is 13.4. The molecule has 7 nitrogen and oxygen atoms in total. The van der Waals surface area contributed by atoms with Crippen molar-refractivity contribution in [1.29, 1.82) is 0 Å². The van der Waals surface area contributed by atoms with Crippen molar-refractivity contribution in [2.24, 2.45) is 0 Å². The summed E-state index contributed by atoms with van der Waals surface area (Å²) in [5.74, 6) is -0.603. The lowest BCUT2D eigenvalue weighted by molar-refractivity contribution is -0.122. The largest absolute Gasteiger partial charge is 0.492 e. The van der Waals surface area contributed by atoms with Crippen molar-refractivity contribution in [3.8, 4) is 11.4 Å². The van der Waals surface area contributed by atoms with Gasteiger partial charge in [0.1, 0.15) is 11.3 Å². The van der Waals surface area contributed by atoms with Gasteiger partial charge in [0, 0.05) is 17.1 Å². The van der Waals surface area contributed by atoms with E-state index in [2.05, 4.69) is 48.0 Å². The van der Waals surface area contributed by atoms with E-state index in [0.717, 1.165) is 27.5 Å². The highest BCUT2D eigenvalue weighted by molar-refractivity contribution is 6.39. The van der Waals surface area contributed by atoms with Gasteiger partial charge in [-0.25, -0.2) is 9.69 Å². The minimum absolute atomic E-state index is 0.119. The van der Waals surface area contributed by atoms with E-state index in [1.54, 1.807) is 30.3 Å². The lowest BCUT2D eigenvalue weighted by atomic mass is 10.0. The van der Waals surface area contributed by atoms with Crippen molar-refractivity contribution in [3.63, 3.8) is 0 Å². The third kappa shape index (κ3) is 4.49. The highest BCUT2D eigenvalue weighted by atomic mass is 16.5. The van der Waals surface area contributed by atoms with Crippen LogP contribution in [0.25, 0.3) is 11.8 Å². The zero-order valence-electron chi connectivity index (χ0n) is 20.6. The monoisotopic (exact) mass is 471 g/mol. The first kappa shape index (κ1) is 24.0. The summed E-state index contributed by atoms with van der Waals surface area (Å²) in [6, 6.07) is 16.2. The van der Waals surface area contributed by atoms with Gasteiger partial charge in [-0.15, -0.1) is 0 Å². The maximum Gasteiger partial charge on any atom is 0.336 e. The number of imide groups is 2. The summed E-state index contributed by atoms with van der Waals surface area (Å²) in [5.41, 5.74) is 4.98. The van der Waals surface area contributed by atoms with Crippen LogP contribution in [0.5, 0.6) is 5.75 Å². The topological polar surface area (TPSA) is 80.6 Å². The number of barbiturate groups is 1. The van der Waals surface area contributed by atoms with Crippen LogP contribution in [-0.2, 0) is 9.59 Å². The van der Waals surface area contributed by atoms with Crippen molar-refractivity contribution >= 4 is 29.6 Å². The van der Waals surface area contributed by atoms with Crippen LogP contribution in [-0.4, -0.2) is 29.0 Å². The molecular formula is C28H29N3O4. The Bertz CT molecular complexity index is 1330. The fourth-order valence-electron chi connectivity index (χ4n) is 4.29. The number of ether oxygens (including phenoxy) is 1. The van der Waals surface area contributed by atoms with E-state index in [1.807, 2.05) is 26.8 Å². The van der Waals surface area contributed by atoms with Gasteiger partial charge in [0.05, 0.1) is 12.3 Å². The summed E-state index contributed by atoms with van der Waals surface area (Å²) in [6.45, 7) is 10.4.